The first-order valence-corrected chi connectivity index (χ1v) is 12.4. The first-order chi connectivity index (χ1) is 16.0. The summed E-state index contributed by atoms with van der Waals surface area (Å²) in [5.74, 6) is 2.57. The molecule has 3 N–H and O–H groups in total. The van der Waals surface area contributed by atoms with Crippen LogP contribution in [0, 0.1) is 5.41 Å². The highest BCUT2D eigenvalue weighted by molar-refractivity contribution is 6.01. The van der Waals surface area contributed by atoms with Crippen molar-refractivity contribution in [2.75, 3.05) is 12.1 Å². The third-order valence-electron chi connectivity index (χ3n) is 5.96. The highest BCUT2D eigenvalue weighted by Gasteiger charge is 2.20. The predicted molar refractivity (Wildman–Crippen MR) is 133 cm³/mol. The number of ether oxygens (including phenoxy) is 2. The first kappa shape index (κ1) is 24.8. The summed E-state index contributed by atoms with van der Waals surface area (Å²) in [6, 6.07) is 6.01. The topological polar surface area (TPSA) is 100 Å². The van der Waals surface area contributed by atoms with Gasteiger partial charge in [0.25, 0.3) is 5.56 Å². The molecule has 1 aromatic carbocycles. The van der Waals surface area contributed by atoms with Crippen LogP contribution in [0.3, 0.4) is 0 Å². The summed E-state index contributed by atoms with van der Waals surface area (Å²) in [5.41, 5.74) is 1.45. The number of aromatic amines is 1. The van der Waals surface area contributed by atoms with Crippen LogP contribution in [0.1, 0.15) is 95.5 Å². The molecule has 7 heteroatoms. The second-order valence-electron chi connectivity index (χ2n) is 8.81. The van der Waals surface area contributed by atoms with Crippen LogP contribution in [-0.4, -0.2) is 28.5 Å². The van der Waals surface area contributed by atoms with Gasteiger partial charge < -0.3 is 25.2 Å². The zero-order valence-electron chi connectivity index (χ0n) is 20.3. The standard InChI is InChI=1S/C26H38N4O3/c1-4-7-8-9-12-19(10-5-2)28-25-24(20(27)11-6-3)26(31)30-23(29-25)16-18-13-14-21-22(15-18)33-17-32-21/h13-15,19,27H,4-12,16-17H2,1-3H3,(H2,28,29,30,31). The summed E-state index contributed by atoms with van der Waals surface area (Å²) >= 11 is 0. The largest absolute Gasteiger partial charge is 0.454 e. The number of benzene rings is 1. The third kappa shape index (κ3) is 6.83. The van der Waals surface area contributed by atoms with Crippen molar-refractivity contribution in [2.45, 2.75) is 91.0 Å². The molecule has 1 unspecified atom stereocenters. The van der Waals surface area contributed by atoms with Gasteiger partial charge in [0.05, 0.1) is 0 Å². The van der Waals surface area contributed by atoms with E-state index in [-0.39, 0.29) is 18.4 Å². The molecule has 2 aromatic rings. The van der Waals surface area contributed by atoms with Gasteiger partial charge in [-0.05, 0) is 37.0 Å². The monoisotopic (exact) mass is 454 g/mol. The molecular weight excluding hydrogens is 416 g/mol. The highest BCUT2D eigenvalue weighted by atomic mass is 16.7. The average molecular weight is 455 g/mol. The van der Waals surface area contributed by atoms with Gasteiger partial charge in [-0.25, -0.2) is 4.98 Å². The van der Waals surface area contributed by atoms with Crippen LogP contribution in [0.15, 0.2) is 23.0 Å². The number of unbranched alkanes of at least 4 members (excludes halogenated alkanes) is 3. The second-order valence-corrected chi connectivity index (χ2v) is 8.81. The van der Waals surface area contributed by atoms with Crippen LogP contribution in [0.25, 0.3) is 0 Å². The zero-order valence-corrected chi connectivity index (χ0v) is 20.3. The number of hydrogen-bond donors (Lipinski definition) is 3. The van der Waals surface area contributed by atoms with Gasteiger partial charge in [0, 0.05) is 18.2 Å². The van der Waals surface area contributed by atoms with Crippen LogP contribution >= 0.6 is 0 Å². The minimum absolute atomic E-state index is 0.229. The molecular formula is C26H38N4O3. The van der Waals surface area contributed by atoms with Crippen molar-refractivity contribution in [3.05, 3.63) is 45.5 Å². The van der Waals surface area contributed by atoms with Crippen molar-refractivity contribution >= 4 is 11.5 Å². The summed E-state index contributed by atoms with van der Waals surface area (Å²) in [4.78, 5) is 20.8. The van der Waals surface area contributed by atoms with Crippen molar-refractivity contribution in [1.29, 1.82) is 5.41 Å². The molecule has 180 valence electrons. The summed E-state index contributed by atoms with van der Waals surface area (Å²) in [6.07, 6.45) is 9.77. The van der Waals surface area contributed by atoms with Gasteiger partial charge in [0.15, 0.2) is 11.5 Å². The van der Waals surface area contributed by atoms with Crippen LogP contribution in [0.4, 0.5) is 5.82 Å². The van der Waals surface area contributed by atoms with E-state index in [1.54, 1.807) is 0 Å². The maximum atomic E-state index is 13.1. The fourth-order valence-corrected chi connectivity index (χ4v) is 4.26. The van der Waals surface area contributed by atoms with Gasteiger partial charge in [-0.1, -0.05) is 65.4 Å². The number of anilines is 1. The Bertz CT molecular complexity index is 986. The Kier molecular flexibility index (Phi) is 9.34. The van der Waals surface area contributed by atoms with Crippen LogP contribution in [0.2, 0.25) is 0 Å². The molecule has 0 amide bonds. The van der Waals surface area contributed by atoms with E-state index in [2.05, 4.69) is 24.1 Å². The molecule has 0 spiro atoms. The van der Waals surface area contributed by atoms with E-state index < -0.39 is 0 Å². The molecule has 1 aliphatic heterocycles. The minimum atomic E-state index is -0.247. The minimum Gasteiger partial charge on any atom is -0.454 e. The van der Waals surface area contributed by atoms with Gasteiger partial charge in [-0.15, -0.1) is 0 Å². The lowest BCUT2D eigenvalue weighted by atomic mass is 10.0. The number of nitrogens with one attached hydrogen (secondary N) is 3. The number of aromatic nitrogens is 2. The van der Waals surface area contributed by atoms with Crippen molar-refractivity contribution in [3.8, 4) is 11.5 Å². The lowest BCUT2D eigenvalue weighted by Crippen LogP contribution is -2.28. The fraction of sp³-hybridized carbons (Fsp3) is 0.577. The van der Waals surface area contributed by atoms with E-state index in [9.17, 15) is 4.79 Å². The Morgan fingerprint density at radius 3 is 2.67 bits per heavy atom. The maximum absolute atomic E-state index is 13.1. The van der Waals surface area contributed by atoms with E-state index >= 15 is 0 Å². The number of rotatable bonds is 14. The smallest absolute Gasteiger partial charge is 0.262 e. The molecule has 1 atom stereocenters. The Labute approximate surface area is 196 Å². The average Bonchev–Trinajstić information content (AvgIpc) is 3.24. The molecule has 7 nitrogen and oxygen atoms in total. The zero-order chi connectivity index (χ0) is 23.6. The number of fused-ring (bicyclic) bond motifs is 1. The molecule has 1 aromatic heterocycles. The van der Waals surface area contributed by atoms with E-state index in [1.807, 2.05) is 25.1 Å². The molecule has 2 heterocycles. The second kappa shape index (κ2) is 12.4. The fourth-order valence-electron chi connectivity index (χ4n) is 4.26. The lowest BCUT2D eigenvalue weighted by Gasteiger charge is -2.21. The Morgan fingerprint density at radius 1 is 1.09 bits per heavy atom. The molecule has 0 fully saturated rings. The number of H-pyrrole nitrogens is 1. The normalized spacial score (nSPS) is 13.2. The molecule has 0 bridgehead atoms. The Morgan fingerprint density at radius 2 is 1.91 bits per heavy atom. The van der Waals surface area contributed by atoms with Crippen molar-refractivity contribution in [3.63, 3.8) is 0 Å². The molecule has 0 saturated heterocycles. The molecule has 3 rings (SSSR count). The Hall–Kier alpha value is -2.83. The SMILES string of the molecule is CCCCCCC(CCC)Nc1nc(Cc2ccc3c(c2)OCO3)[nH]c(=O)c1C(=N)CCC. The summed E-state index contributed by atoms with van der Waals surface area (Å²) in [7, 11) is 0. The summed E-state index contributed by atoms with van der Waals surface area (Å²) < 4.78 is 10.9. The van der Waals surface area contributed by atoms with Crippen molar-refractivity contribution in [1.82, 2.24) is 9.97 Å². The lowest BCUT2D eigenvalue weighted by molar-refractivity contribution is 0.174. The predicted octanol–water partition coefficient (Wildman–Crippen LogP) is 5.81. The van der Waals surface area contributed by atoms with Gasteiger partial charge in [0.2, 0.25) is 6.79 Å². The summed E-state index contributed by atoms with van der Waals surface area (Å²) in [5, 5.41) is 12.1. The quantitative estimate of drug-likeness (QED) is 0.247. The van der Waals surface area contributed by atoms with E-state index in [1.165, 1.54) is 19.3 Å². The van der Waals surface area contributed by atoms with Crippen molar-refractivity contribution in [2.24, 2.45) is 0 Å². The summed E-state index contributed by atoms with van der Waals surface area (Å²) in [6.45, 7) is 6.64. The first-order valence-electron chi connectivity index (χ1n) is 12.4. The van der Waals surface area contributed by atoms with Gasteiger partial charge in [-0.3, -0.25) is 4.79 Å². The molecule has 0 radical (unpaired) electrons. The number of nitrogens with zero attached hydrogens (tertiary/aromatic N) is 1. The molecule has 1 aliphatic rings. The van der Waals surface area contributed by atoms with Crippen LogP contribution < -0.4 is 20.3 Å². The van der Waals surface area contributed by atoms with Crippen molar-refractivity contribution < 1.29 is 9.47 Å². The third-order valence-corrected chi connectivity index (χ3v) is 5.96. The van der Waals surface area contributed by atoms with E-state index in [0.29, 0.717) is 41.5 Å². The van der Waals surface area contributed by atoms with Gasteiger partial charge >= 0.3 is 0 Å². The Balaban J connectivity index is 1.86. The molecule has 0 aliphatic carbocycles. The maximum Gasteiger partial charge on any atom is 0.262 e. The van der Waals surface area contributed by atoms with Gasteiger partial charge in [-0.2, -0.15) is 0 Å². The highest BCUT2D eigenvalue weighted by Crippen LogP contribution is 2.33. The van der Waals surface area contributed by atoms with Crippen LogP contribution in [-0.2, 0) is 6.42 Å². The van der Waals surface area contributed by atoms with E-state index in [4.69, 9.17) is 19.9 Å². The van der Waals surface area contributed by atoms with E-state index in [0.717, 1.165) is 43.4 Å². The van der Waals surface area contributed by atoms with Gasteiger partial charge in [0.1, 0.15) is 17.2 Å². The number of hydrogen-bond acceptors (Lipinski definition) is 6. The molecule has 33 heavy (non-hydrogen) atoms. The molecule has 0 saturated carbocycles. The van der Waals surface area contributed by atoms with Crippen LogP contribution in [0.5, 0.6) is 11.5 Å².